The van der Waals surface area contributed by atoms with Gasteiger partial charge in [-0.2, -0.15) is 13.5 Å². The summed E-state index contributed by atoms with van der Waals surface area (Å²) >= 11 is 0. The minimum absolute atomic E-state index is 0.0230. The van der Waals surface area contributed by atoms with Gasteiger partial charge in [0, 0.05) is 5.69 Å². The first-order valence-corrected chi connectivity index (χ1v) is 7.98. The van der Waals surface area contributed by atoms with Crippen molar-refractivity contribution in [3.8, 4) is 0 Å². The van der Waals surface area contributed by atoms with Crippen LogP contribution in [0.5, 0.6) is 0 Å². The highest BCUT2D eigenvalue weighted by molar-refractivity contribution is 7.85. The minimum Gasteiger partial charge on any atom is -0.441 e. The Balaban J connectivity index is 1.83. The van der Waals surface area contributed by atoms with Crippen LogP contribution in [0.1, 0.15) is 11.3 Å². The lowest BCUT2D eigenvalue weighted by atomic mass is 10.2. The van der Waals surface area contributed by atoms with Gasteiger partial charge < -0.3 is 9.73 Å². The number of hydrogen-bond acceptors (Lipinski definition) is 6. The Kier molecular flexibility index (Phi) is 5.14. The first-order valence-electron chi connectivity index (χ1n) is 6.54. The zero-order valence-corrected chi connectivity index (χ0v) is 13.0. The molecule has 8 nitrogen and oxygen atoms in total. The topological polar surface area (TPSA) is 121 Å². The number of aryl methyl sites for hydroxylation is 1. The summed E-state index contributed by atoms with van der Waals surface area (Å²) in [5.41, 5.74) is 4.14. The summed E-state index contributed by atoms with van der Waals surface area (Å²) in [6.45, 7) is 1.97. The molecule has 0 aliphatic rings. The Hall–Kier alpha value is -2.65. The van der Waals surface area contributed by atoms with Gasteiger partial charge >= 0.3 is 10.1 Å². The van der Waals surface area contributed by atoms with Gasteiger partial charge in [-0.05, 0) is 36.8 Å². The lowest BCUT2D eigenvalue weighted by molar-refractivity contribution is -0.119. The first kappa shape index (κ1) is 16.7. The molecule has 1 aromatic carbocycles. The monoisotopic (exact) mass is 337 g/mol. The van der Waals surface area contributed by atoms with Crippen LogP contribution in [0.15, 0.2) is 51.0 Å². The molecule has 3 N–H and O–H groups in total. The van der Waals surface area contributed by atoms with E-state index in [2.05, 4.69) is 15.8 Å². The minimum atomic E-state index is -4.39. The first-order chi connectivity index (χ1) is 10.8. The number of carbonyl (C=O) groups is 1. The van der Waals surface area contributed by atoms with Gasteiger partial charge in [0.1, 0.15) is 5.76 Å². The predicted molar refractivity (Wildman–Crippen MR) is 83.9 cm³/mol. The standard InChI is InChI=1S/C14H15N3O5S/c1-10-3-2-4-11(7-10)15-9-13(18)17-16-8-12-5-6-14(22-12)23(19,20)21/h2-8,15H,9H2,1H3,(H,17,18)(H,19,20,21)/b16-8+. The molecule has 0 fully saturated rings. The van der Waals surface area contributed by atoms with E-state index in [0.717, 1.165) is 23.5 Å². The molecule has 122 valence electrons. The molecule has 2 rings (SSSR count). The second kappa shape index (κ2) is 7.07. The van der Waals surface area contributed by atoms with Gasteiger partial charge in [-0.1, -0.05) is 12.1 Å². The van der Waals surface area contributed by atoms with Gasteiger partial charge in [-0.25, -0.2) is 5.43 Å². The molecule has 0 unspecified atom stereocenters. The molecule has 0 aliphatic heterocycles. The van der Waals surface area contributed by atoms with Crippen LogP contribution in [-0.4, -0.2) is 31.6 Å². The van der Waals surface area contributed by atoms with Crippen molar-refractivity contribution < 1.29 is 22.2 Å². The number of hydrogen-bond donors (Lipinski definition) is 3. The molecule has 1 aromatic heterocycles. The Morgan fingerprint density at radius 2 is 2.13 bits per heavy atom. The number of nitrogens with zero attached hydrogens (tertiary/aromatic N) is 1. The van der Waals surface area contributed by atoms with Crippen molar-refractivity contribution in [2.75, 3.05) is 11.9 Å². The summed E-state index contributed by atoms with van der Waals surface area (Å²) < 4.78 is 35.2. The highest BCUT2D eigenvalue weighted by Gasteiger charge is 2.13. The van der Waals surface area contributed by atoms with Gasteiger partial charge in [0.2, 0.25) is 5.09 Å². The van der Waals surface area contributed by atoms with Crippen molar-refractivity contribution in [3.63, 3.8) is 0 Å². The quantitative estimate of drug-likeness (QED) is 0.416. The highest BCUT2D eigenvalue weighted by atomic mass is 32.2. The Bertz CT molecular complexity index is 826. The number of nitrogens with one attached hydrogen (secondary N) is 2. The molecule has 23 heavy (non-hydrogen) atoms. The van der Waals surface area contributed by atoms with E-state index in [1.807, 2.05) is 31.2 Å². The molecular weight excluding hydrogens is 322 g/mol. The van der Waals surface area contributed by atoms with E-state index in [4.69, 9.17) is 8.97 Å². The van der Waals surface area contributed by atoms with Gasteiger partial charge in [0.15, 0.2) is 0 Å². The van der Waals surface area contributed by atoms with Crippen molar-refractivity contribution in [3.05, 3.63) is 47.7 Å². The Morgan fingerprint density at radius 3 is 2.78 bits per heavy atom. The largest absolute Gasteiger partial charge is 0.441 e. The average molecular weight is 337 g/mol. The van der Waals surface area contributed by atoms with E-state index in [1.54, 1.807) is 0 Å². The number of carbonyl (C=O) groups excluding carboxylic acids is 1. The van der Waals surface area contributed by atoms with E-state index in [0.29, 0.717) is 0 Å². The van der Waals surface area contributed by atoms with Crippen LogP contribution in [0.25, 0.3) is 0 Å². The van der Waals surface area contributed by atoms with Crippen molar-refractivity contribution in [2.24, 2.45) is 5.10 Å². The van der Waals surface area contributed by atoms with E-state index in [-0.39, 0.29) is 18.2 Å². The maximum atomic E-state index is 11.6. The second-order valence-corrected chi connectivity index (χ2v) is 6.00. The molecule has 0 aliphatic carbocycles. The summed E-state index contributed by atoms with van der Waals surface area (Å²) in [6.07, 6.45) is 1.12. The fraction of sp³-hybridized carbons (Fsp3) is 0.143. The zero-order valence-electron chi connectivity index (χ0n) is 12.2. The summed E-state index contributed by atoms with van der Waals surface area (Å²) in [7, 11) is -4.39. The van der Waals surface area contributed by atoms with Crippen LogP contribution in [0, 0.1) is 6.92 Å². The van der Waals surface area contributed by atoms with Crippen LogP contribution >= 0.6 is 0 Å². The van der Waals surface area contributed by atoms with Gasteiger partial charge in [-0.15, -0.1) is 0 Å². The van der Waals surface area contributed by atoms with Crippen molar-refractivity contribution in [1.82, 2.24) is 5.43 Å². The Morgan fingerprint density at radius 1 is 1.35 bits per heavy atom. The van der Waals surface area contributed by atoms with E-state index >= 15 is 0 Å². The molecule has 0 spiro atoms. The number of hydrazone groups is 1. The molecule has 1 amide bonds. The highest BCUT2D eigenvalue weighted by Crippen LogP contribution is 2.11. The normalized spacial score (nSPS) is 11.6. The lowest BCUT2D eigenvalue weighted by Gasteiger charge is -2.05. The molecule has 0 atom stereocenters. The smallest absolute Gasteiger partial charge is 0.328 e. The number of furan rings is 1. The fourth-order valence-corrected chi connectivity index (χ4v) is 2.13. The summed E-state index contributed by atoms with van der Waals surface area (Å²) in [5, 5.41) is 5.98. The average Bonchev–Trinajstić information content (AvgIpc) is 2.94. The van der Waals surface area contributed by atoms with Crippen molar-refractivity contribution >= 4 is 27.9 Å². The molecule has 0 radical (unpaired) electrons. The molecule has 2 aromatic rings. The molecular formula is C14H15N3O5S. The van der Waals surface area contributed by atoms with E-state index in [9.17, 15) is 13.2 Å². The molecule has 0 saturated carbocycles. The fourth-order valence-electron chi connectivity index (χ4n) is 1.69. The van der Waals surface area contributed by atoms with Crippen LogP contribution in [0.3, 0.4) is 0 Å². The van der Waals surface area contributed by atoms with Crippen LogP contribution in [0.4, 0.5) is 5.69 Å². The molecule has 1 heterocycles. The predicted octanol–water partition coefficient (Wildman–Crippen LogP) is 1.40. The third kappa shape index (κ3) is 5.24. The van der Waals surface area contributed by atoms with E-state index in [1.165, 1.54) is 6.07 Å². The van der Waals surface area contributed by atoms with Crippen LogP contribution in [0.2, 0.25) is 0 Å². The zero-order chi connectivity index (χ0) is 16.9. The third-order valence-corrected chi connectivity index (χ3v) is 3.44. The van der Waals surface area contributed by atoms with Gasteiger partial charge in [0.25, 0.3) is 5.91 Å². The van der Waals surface area contributed by atoms with Crippen molar-refractivity contribution in [2.45, 2.75) is 12.0 Å². The molecule has 0 bridgehead atoms. The van der Waals surface area contributed by atoms with Gasteiger partial charge in [0.05, 0.1) is 12.8 Å². The molecule has 9 heteroatoms. The summed E-state index contributed by atoms with van der Waals surface area (Å²) in [5.74, 6) is -0.311. The lowest BCUT2D eigenvalue weighted by Crippen LogP contribution is -2.25. The SMILES string of the molecule is Cc1cccc(NCC(=O)N/N=C/c2ccc(S(=O)(=O)O)o2)c1. The summed E-state index contributed by atoms with van der Waals surface area (Å²) in [4.78, 5) is 11.6. The van der Waals surface area contributed by atoms with Crippen LogP contribution < -0.4 is 10.7 Å². The number of anilines is 1. The summed E-state index contributed by atoms with van der Waals surface area (Å²) in [6, 6.07) is 9.93. The Labute approximate surface area is 132 Å². The number of rotatable bonds is 6. The van der Waals surface area contributed by atoms with Gasteiger partial charge in [-0.3, -0.25) is 9.35 Å². The number of amides is 1. The maximum Gasteiger partial charge on any atom is 0.328 e. The van der Waals surface area contributed by atoms with E-state index < -0.39 is 15.2 Å². The van der Waals surface area contributed by atoms with Crippen molar-refractivity contribution in [1.29, 1.82) is 0 Å². The second-order valence-electron chi connectivity index (χ2n) is 4.65. The van der Waals surface area contributed by atoms with Crippen LogP contribution in [-0.2, 0) is 14.9 Å². The third-order valence-electron chi connectivity index (χ3n) is 2.71. The number of benzene rings is 1. The maximum absolute atomic E-state index is 11.6. The molecule has 0 saturated heterocycles.